The summed E-state index contributed by atoms with van der Waals surface area (Å²) in [5, 5.41) is 1.71. The standard InChI is InChI=1S/C30H4B15Br/c31-16-9-7(5-2-1-3-6(46)4-5)10-12(20(35)28(43)26(41)17(10)32)8(11(9)19(34)27(42)25(16)40)13-14-15(22(37)24(39)18(13)33)23(38)30(45)29(44)21(14)36/h1-4H. The lowest BCUT2D eigenvalue weighted by atomic mass is 9.56. The van der Waals surface area contributed by atoms with E-state index < -0.39 is 0 Å². The average molecular weight is 606 g/mol. The second-order valence-electron chi connectivity index (χ2n) is 11.1. The topological polar surface area (TPSA) is 0 Å². The Labute approximate surface area is 297 Å². The summed E-state index contributed by atoms with van der Waals surface area (Å²) in [5.41, 5.74) is 1.96. The second-order valence-corrected chi connectivity index (χ2v) is 12.0. The summed E-state index contributed by atoms with van der Waals surface area (Å²) < 4.78 is 0.748. The van der Waals surface area contributed by atoms with Crippen LogP contribution in [-0.2, 0) is 0 Å². The van der Waals surface area contributed by atoms with Gasteiger partial charge < -0.3 is 0 Å². The minimum atomic E-state index is -0.0277. The lowest BCUT2D eigenvalue weighted by Gasteiger charge is -2.31. The van der Waals surface area contributed by atoms with Gasteiger partial charge >= 0.3 is 0 Å². The van der Waals surface area contributed by atoms with Crippen LogP contribution in [0.5, 0.6) is 0 Å². The molecule has 46 heavy (non-hydrogen) atoms. The zero-order valence-electron chi connectivity index (χ0n) is 24.3. The van der Waals surface area contributed by atoms with E-state index in [1.54, 1.807) is 0 Å². The highest BCUT2D eigenvalue weighted by Gasteiger charge is 2.27. The zero-order chi connectivity index (χ0) is 33.8. The van der Waals surface area contributed by atoms with Crippen LogP contribution in [0.2, 0.25) is 0 Å². The number of rotatable bonds is 2. The van der Waals surface area contributed by atoms with Crippen LogP contribution in [0, 0.1) is 0 Å². The molecule has 16 heteroatoms. The predicted octanol–water partition coefficient (Wildman–Crippen LogP) is -8.85. The van der Waals surface area contributed by atoms with Gasteiger partial charge in [-0.05, 0) is 66.7 Å². The van der Waals surface area contributed by atoms with E-state index in [1.807, 2.05) is 24.3 Å². The van der Waals surface area contributed by atoms with Crippen LogP contribution in [-0.4, -0.2) is 118 Å². The molecule has 0 N–H and O–H groups in total. The van der Waals surface area contributed by atoms with E-state index >= 15 is 0 Å². The van der Waals surface area contributed by atoms with Gasteiger partial charge in [-0.15, -0.1) is 38.2 Å². The van der Waals surface area contributed by atoms with Gasteiger partial charge in [0, 0.05) is 4.47 Å². The summed E-state index contributed by atoms with van der Waals surface area (Å²) in [5.74, 6) is 0. The summed E-state index contributed by atoms with van der Waals surface area (Å²) in [6, 6.07) is 7.37. The first-order valence-corrected chi connectivity index (χ1v) is 14.4. The lowest BCUT2D eigenvalue weighted by molar-refractivity contribution is 1.64. The van der Waals surface area contributed by atoms with Crippen LogP contribution in [0.25, 0.3) is 54.6 Å². The Hall–Kier alpha value is -2.45. The van der Waals surface area contributed by atoms with Crippen molar-refractivity contribution in [3.05, 3.63) is 28.7 Å². The molecule has 0 atom stereocenters. The fourth-order valence-corrected chi connectivity index (χ4v) is 6.71. The molecule has 0 spiro atoms. The molecule has 0 saturated heterocycles. The summed E-state index contributed by atoms with van der Waals surface area (Å²) >= 11 is 3.54. The van der Waals surface area contributed by atoms with Crippen molar-refractivity contribution in [2.24, 2.45) is 0 Å². The van der Waals surface area contributed by atoms with E-state index in [1.165, 1.54) is 0 Å². The first-order chi connectivity index (χ1) is 21.5. The van der Waals surface area contributed by atoms with Gasteiger partial charge in [0.2, 0.25) is 0 Å². The summed E-state index contributed by atoms with van der Waals surface area (Å²) in [7, 11) is 98.8. The molecule has 30 radical (unpaired) electrons. The number of halogens is 1. The highest BCUT2D eigenvalue weighted by atomic mass is 79.9. The molecular weight excluding hydrogens is 602 g/mol. The maximum atomic E-state index is 6.84. The highest BCUT2D eigenvalue weighted by Crippen LogP contribution is 2.41. The maximum Gasteiger partial charge on any atom is 0.113 e. The molecule has 0 aliphatic carbocycles. The molecule has 0 unspecified atom stereocenters. The van der Waals surface area contributed by atoms with Gasteiger partial charge in [0.1, 0.15) is 118 Å². The normalized spacial score (nSPS) is 11.6. The Morgan fingerprint density at radius 1 is 0.304 bits per heavy atom. The third kappa shape index (κ3) is 4.48. The minimum Gasteiger partial charge on any atom is -0.110 e. The van der Waals surface area contributed by atoms with Crippen LogP contribution in [0.3, 0.4) is 0 Å². The third-order valence-corrected chi connectivity index (χ3v) is 9.20. The minimum absolute atomic E-state index is 0.00305. The molecule has 0 bridgehead atoms. The zero-order valence-corrected chi connectivity index (χ0v) is 25.9. The fourth-order valence-electron chi connectivity index (χ4n) is 6.31. The molecule has 176 valence electrons. The van der Waals surface area contributed by atoms with Crippen LogP contribution in [0.4, 0.5) is 0 Å². The van der Waals surface area contributed by atoms with Crippen molar-refractivity contribution in [1.82, 2.24) is 0 Å². The first kappa shape index (κ1) is 33.5. The Morgan fingerprint density at radius 2 is 0.609 bits per heavy atom. The van der Waals surface area contributed by atoms with E-state index in [2.05, 4.69) is 15.9 Å². The van der Waals surface area contributed by atoms with Crippen molar-refractivity contribution in [2.45, 2.75) is 0 Å². The van der Waals surface area contributed by atoms with Gasteiger partial charge in [-0.1, -0.05) is 71.8 Å². The Balaban J connectivity index is 2.13. The lowest BCUT2D eigenvalue weighted by Crippen LogP contribution is -2.53. The Bertz CT molecular complexity index is 2290. The molecule has 0 fully saturated rings. The Morgan fingerprint density at radius 3 is 0.978 bits per heavy atom. The van der Waals surface area contributed by atoms with Crippen LogP contribution in [0.1, 0.15) is 0 Å². The van der Waals surface area contributed by atoms with Crippen LogP contribution >= 0.6 is 15.9 Å². The maximum absolute atomic E-state index is 6.84. The molecular formula is C30H4B15Br. The smallest absolute Gasteiger partial charge is 0.110 e. The molecule has 0 saturated carbocycles. The van der Waals surface area contributed by atoms with Crippen LogP contribution < -0.4 is 81.9 Å². The van der Waals surface area contributed by atoms with E-state index in [4.69, 9.17) is 118 Å². The van der Waals surface area contributed by atoms with Gasteiger partial charge in [0.15, 0.2) is 0 Å². The average Bonchev–Trinajstić information content (AvgIpc) is 3.03. The molecule has 6 rings (SSSR count). The van der Waals surface area contributed by atoms with Crippen molar-refractivity contribution in [1.29, 1.82) is 0 Å². The second kappa shape index (κ2) is 11.6. The van der Waals surface area contributed by atoms with Gasteiger partial charge in [-0.3, -0.25) is 0 Å². The van der Waals surface area contributed by atoms with E-state index in [-0.39, 0.29) is 115 Å². The Kier molecular flexibility index (Phi) is 8.44. The molecule has 6 aromatic rings. The first-order valence-electron chi connectivity index (χ1n) is 13.6. The molecule has 6 aromatic carbocycles. The van der Waals surface area contributed by atoms with Crippen molar-refractivity contribution in [2.75, 3.05) is 0 Å². The van der Waals surface area contributed by atoms with Crippen molar-refractivity contribution >= 4 is 248 Å². The molecule has 0 nitrogen and oxygen atoms in total. The van der Waals surface area contributed by atoms with Gasteiger partial charge in [0.05, 0.1) is 0 Å². The fraction of sp³-hybridized carbons (Fsp3) is 0. The monoisotopic (exact) mass is 608 g/mol. The third-order valence-electron chi connectivity index (χ3n) is 8.71. The van der Waals surface area contributed by atoms with E-state index in [0.717, 1.165) is 4.47 Å². The number of benzene rings is 6. The molecule has 0 aliphatic rings. The van der Waals surface area contributed by atoms with Crippen molar-refractivity contribution in [3.63, 3.8) is 0 Å². The highest BCUT2D eigenvalue weighted by molar-refractivity contribution is 9.10. The van der Waals surface area contributed by atoms with Crippen LogP contribution in [0.15, 0.2) is 28.7 Å². The summed E-state index contributed by atoms with van der Waals surface area (Å²) in [4.78, 5) is 0. The van der Waals surface area contributed by atoms with Gasteiger partial charge in [-0.25, -0.2) is 0 Å². The van der Waals surface area contributed by atoms with Crippen molar-refractivity contribution in [3.8, 4) is 22.3 Å². The number of hydrogen-bond donors (Lipinski definition) is 0. The van der Waals surface area contributed by atoms with E-state index in [9.17, 15) is 0 Å². The van der Waals surface area contributed by atoms with Crippen molar-refractivity contribution < 1.29 is 0 Å². The predicted molar refractivity (Wildman–Crippen MR) is 218 cm³/mol. The number of hydrogen-bond acceptors (Lipinski definition) is 0. The largest absolute Gasteiger partial charge is 0.113 e. The van der Waals surface area contributed by atoms with Gasteiger partial charge in [-0.2, -0.15) is 0 Å². The number of fused-ring (bicyclic) bond motifs is 3. The van der Waals surface area contributed by atoms with Gasteiger partial charge in [0.25, 0.3) is 0 Å². The molecule has 0 aliphatic heterocycles. The molecule has 0 aromatic heterocycles. The SMILES string of the molecule is [B]c1c([B])c([B])c2c(-c3c4c([B])c([B])c([B])c([B])c4c(-c4cccc(Br)c4)c4c([B])c([B])c([B])c([B])c34)c([B])c([B])c([B])c2c1[B]. The molecule has 0 amide bonds. The summed E-state index contributed by atoms with van der Waals surface area (Å²) in [6.07, 6.45) is 0. The summed E-state index contributed by atoms with van der Waals surface area (Å²) in [6.45, 7) is 0. The van der Waals surface area contributed by atoms with E-state index in [0.29, 0.717) is 21.9 Å². The molecule has 0 heterocycles. The quantitative estimate of drug-likeness (QED) is 0.136.